The summed E-state index contributed by atoms with van der Waals surface area (Å²) in [6, 6.07) is 6.00. The molecule has 20 heavy (non-hydrogen) atoms. The lowest BCUT2D eigenvalue weighted by Gasteiger charge is -2.26. The number of hydrogen-bond donors (Lipinski definition) is 1. The molecule has 0 amide bonds. The topological polar surface area (TPSA) is 48.4 Å². The quantitative estimate of drug-likeness (QED) is 0.905. The Hall–Kier alpha value is -1.48. The van der Waals surface area contributed by atoms with Crippen LogP contribution in [0.1, 0.15) is 49.5 Å². The van der Waals surface area contributed by atoms with Crippen LogP contribution in [-0.2, 0) is 0 Å². The second-order valence-corrected chi connectivity index (χ2v) is 5.88. The van der Waals surface area contributed by atoms with Gasteiger partial charge in [-0.05, 0) is 43.4 Å². The van der Waals surface area contributed by atoms with Crippen LogP contribution in [0.15, 0.2) is 22.6 Å². The van der Waals surface area contributed by atoms with Crippen molar-refractivity contribution in [3.8, 4) is 5.75 Å². The fourth-order valence-electron chi connectivity index (χ4n) is 3.38. The van der Waals surface area contributed by atoms with Crippen LogP contribution in [0.4, 0.5) is 0 Å². The van der Waals surface area contributed by atoms with E-state index in [1.807, 2.05) is 12.1 Å². The predicted molar refractivity (Wildman–Crippen MR) is 81.0 cm³/mol. The summed E-state index contributed by atoms with van der Waals surface area (Å²) in [5.41, 5.74) is 8.54. The van der Waals surface area contributed by atoms with Gasteiger partial charge in [-0.1, -0.05) is 19.3 Å². The zero-order chi connectivity index (χ0) is 14.1. The van der Waals surface area contributed by atoms with Gasteiger partial charge in [0.1, 0.15) is 17.1 Å². The molecular weight excluding hydrogens is 250 g/mol. The lowest BCUT2D eigenvalue weighted by Crippen LogP contribution is -2.23. The van der Waals surface area contributed by atoms with Crippen LogP contribution in [0.5, 0.6) is 5.75 Å². The van der Waals surface area contributed by atoms with Crippen molar-refractivity contribution in [3.63, 3.8) is 0 Å². The monoisotopic (exact) mass is 273 g/mol. The second-order valence-electron chi connectivity index (χ2n) is 5.88. The Bertz CT molecular complexity index is 596. The second kappa shape index (κ2) is 5.49. The minimum Gasteiger partial charge on any atom is -0.497 e. The highest BCUT2D eigenvalue weighted by Crippen LogP contribution is 2.38. The van der Waals surface area contributed by atoms with Crippen LogP contribution in [-0.4, -0.2) is 7.11 Å². The molecule has 0 spiro atoms. The number of methoxy groups -OCH3 is 1. The maximum atomic E-state index is 6.48. The molecule has 3 nitrogen and oxygen atoms in total. The van der Waals surface area contributed by atoms with Crippen molar-refractivity contribution in [2.45, 2.75) is 45.1 Å². The third-order valence-electron chi connectivity index (χ3n) is 4.64. The molecule has 1 aromatic carbocycles. The van der Waals surface area contributed by atoms with Gasteiger partial charge in [0.2, 0.25) is 0 Å². The maximum Gasteiger partial charge on any atom is 0.138 e. The van der Waals surface area contributed by atoms with Crippen molar-refractivity contribution >= 4 is 11.0 Å². The van der Waals surface area contributed by atoms with Crippen LogP contribution in [0.2, 0.25) is 0 Å². The van der Waals surface area contributed by atoms with Crippen LogP contribution >= 0.6 is 0 Å². The molecule has 1 aliphatic rings. The zero-order valence-electron chi connectivity index (χ0n) is 12.3. The number of fused-ring (bicyclic) bond motifs is 1. The Morgan fingerprint density at radius 1 is 1.25 bits per heavy atom. The van der Waals surface area contributed by atoms with Crippen molar-refractivity contribution in [1.82, 2.24) is 0 Å². The van der Waals surface area contributed by atoms with E-state index >= 15 is 0 Å². The zero-order valence-corrected chi connectivity index (χ0v) is 12.3. The number of nitrogens with two attached hydrogens (primary N) is 1. The number of rotatable bonds is 3. The van der Waals surface area contributed by atoms with E-state index in [2.05, 4.69) is 13.0 Å². The summed E-state index contributed by atoms with van der Waals surface area (Å²) in [5, 5.41) is 1.15. The van der Waals surface area contributed by atoms with Gasteiger partial charge in [-0.15, -0.1) is 0 Å². The fraction of sp³-hybridized carbons (Fsp3) is 0.529. The molecule has 1 atom stereocenters. The first-order chi connectivity index (χ1) is 9.70. The minimum atomic E-state index is 0.0219. The molecule has 1 unspecified atom stereocenters. The standard InChI is InChI=1S/C17H23NO2/c1-11-14-9-8-13(19-2)10-15(14)20-17(11)16(18)12-6-4-3-5-7-12/h8-10,12,16H,3-7,18H2,1-2H3. The predicted octanol–water partition coefficient (Wildman–Crippen LogP) is 4.33. The van der Waals surface area contributed by atoms with E-state index in [9.17, 15) is 0 Å². The van der Waals surface area contributed by atoms with Crippen LogP contribution in [0.3, 0.4) is 0 Å². The molecule has 0 aliphatic heterocycles. The molecule has 3 rings (SSSR count). The molecule has 2 aromatic rings. The number of hydrogen-bond acceptors (Lipinski definition) is 3. The van der Waals surface area contributed by atoms with Gasteiger partial charge < -0.3 is 14.9 Å². The smallest absolute Gasteiger partial charge is 0.138 e. The SMILES string of the molecule is COc1ccc2c(C)c(C(N)C3CCCCC3)oc2c1. The van der Waals surface area contributed by atoms with Crippen molar-refractivity contribution < 1.29 is 9.15 Å². The molecule has 3 heteroatoms. The Morgan fingerprint density at radius 2 is 2.00 bits per heavy atom. The third kappa shape index (κ3) is 2.31. The normalized spacial score (nSPS) is 18.4. The maximum absolute atomic E-state index is 6.48. The van der Waals surface area contributed by atoms with Gasteiger partial charge in [0, 0.05) is 11.5 Å². The molecular formula is C17H23NO2. The first kappa shape index (κ1) is 13.5. The highest BCUT2D eigenvalue weighted by Gasteiger charge is 2.26. The Balaban J connectivity index is 1.96. The van der Waals surface area contributed by atoms with Gasteiger partial charge in [0.05, 0.1) is 13.2 Å². The molecule has 1 aromatic heterocycles. The molecule has 0 saturated heterocycles. The van der Waals surface area contributed by atoms with Crippen LogP contribution in [0, 0.1) is 12.8 Å². The van der Waals surface area contributed by atoms with Crippen molar-refractivity contribution in [3.05, 3.63) is 29.5 Å². The first-order valence-corrected chi connectivity index (χ1v) is 7.53. The average molecular weight is 273 g/mol. The Morgan fingerprint density at radius 3 is 2.70 bits per heavy atom. The van der Waals surface area contributed by atoms with E-state index in [4.69, 9.17) is 14.9 Å². The summed E-state index contributed by atoms with van der Waals surface area (Å²) < 4.78 is 11.3. The van der Waals surface area contributed by atoms with Gasteiger partial charge in [-0.3, -0.25) is 0 Å². The number of ether oxygens (including phenoxy) is 1. The number of benzene rings is 1. The summed E-state index contributed by atoms with van der Waals surface area (Å²) in [5.74, 6) is 2.34. The molecule has 1 heterocycles. The minimum absolute atomic E-state index is 0.0219. The van der Waals surface area contributed by atoms with Gasteiger partial charge in [-0.2, -0.15) is 0 Å². The Labute approximate surface area is 120 Å². The van der Waals surface area contributed by atoms with Gasteiger partial charge in [0.25, 0.3) is 0 Å². The van der Waals surface area contributed by atoms with E-state index in [0.29, 0.717) is 5.92 Å². The van der Waals surface area contributed by atoms with E-state index in [1.165, 1.54) is 37.7 Å². The van der Waals surface area contributed by atoms with Gasteiger partial charge in [0.15, 0.2) is 0 Å². The summed E-state index contributed by atoms with van der Waals surface area (Å²) in [7, 11) is 1.67. The lowest BCUT2D eigenvalue weighted by atomic mass is 9.82. The summed E-state index contributed by atoms with van der Waals surface area (Å²) >= 11 is 0. The molecule has 0 bridgehead atoms. The van der Waals surface area contributed by atoms with E-state index < -0.39 is 0 Å². The van der Waals surface area contributed by atoms with Crippen molar-refractivity contribution in [2.24, 2.45) is 11.7 Å². The molecule has 1 saturated carbocycles. The number of aryl methyl sites for hydroxylation is 1. The van der Waals surface area contributed by atoms with Crippen molar-refractivity contribution in [1.29, 1.82) is 0 Å². The lowest BCUT2D eigenvalue weighted by molar-refractivity contribution is 0.283. The third-order valence-corrected chi connectivity index (χ3v) is 4.64. The summed E-state index contributed by atoms with van der Waals surface area (Å²) in [6.07, 6.45) is 6.39. The average Bonchev–Trinajstić information content (AvgIpc) is 2.84. The fourth-order valence-corrected chi connectivity index (χ4v) is 3.38. The molecule has 0 radical (unpaired) electrons. The highest BCUT2D eigenvalue weighted by atomic mass is 16.5. The highest BCUT2D eigenvalue weighted by molar-refractivity contribution is 5.83. The summed E-state index contributed by atoms with van der Waals surface area (Å²) in [4.78, 5) is 0. The summed E-state index contributed by atoms with van der Waals surface area (Å²) in [6.45, 7) is 2.11. The molecule has 1 fully saturated rings. The van der Waals surface area contributed by atoms with E-state index in [0.717, 1.165) is 22.5 Å². The van der Waals surface area contributed by atoms with E-state index in [1.54, 1.807) is 7.11 Å². The van der Waals surface area contributed by atoms with E-state index in [-0.39, 0.29) is 6.04 Å². The van der Waals surface area contributed by atoms with Gasteiger partial charge >= 0.3 is 0 Å². The molecule has 1 aliphatic carbocycles. The molecule has 108 valence electrons. The van der Waals surface area contributed by atoms with Crippen LogP contribution < -0.4 is 10.5 Å². The Kier molecular flexibility index (Phi) is 3.70. The number of furan rings is 1. The largest absolute Gasteiger partial charge is 0.497 e. The first-order valence-electron chi connectivity index (χ1n) is 7.53. The van der Waals surface area contributed by atoms with Crippen molar-refractivity contribution in [2.75, 3.05) is 7.11 Å². The van der Waals surface area contributed by atoms with Gasteiger partial charge in [-0.25, -0.2) is 0 Å². The molecule has 2 N–H and O–H groups in total. The van der Waals surface area contributed by atoms with Crippen LogP contribution in [0.25, 0.3) is 11.0 Å².